The van der Waals surface area contributed by atoms with Crippen LogP contribution in [0.4, 0.5) is 0 Å². The van der Waals surface area contributed by atoms with Crippen LogP contribution >= 0.6 is 0 Å². The van der Waals surface area contributed by atoms with E-state index in [1.54, 1.807) is 0 Å². The molecule has 0 amide bonds. The molecule has 0 aromatic carbocycles. The van der Waals surface area contributed by atoms with Crippen LogP contribution in [0.3, 0.4) is 0 Å². The summed E-state index contributed by atoms with van der Waals surface area (Å²) in [5.74, 6) is 1.89. The molecule has 0 heterocycles. The Morgan fingerprint density at radius 1 is 2.00 bits per heavy atom. The van der Waals surface area contributed by atoms with Gasteiger partial charge in [0.1, 0.15) is 0 Å². The predicted octanol–water partition coefficient (Wildman–Crippen LogP) is 0.0195. The van der Waals surface area contributed by atoms with Crippen molar-refractivity contribution in [2.24, 2.45) is 0 Å². The van der Waals surface area contributed by atoms with E-state index >= 15 is 0 Å². The van der Waals surface area contributed by atoms with Crippen LogP contribution in [-0.2, 0) is 0 Å². The average Bonchev–Trinajstić information content (AvgIpc) is 2.12. The van der Waals surface area contributed by atoms with Gasteiger partial charge in [-0.3, -0.25) is 0 Å². The van der Waals surface area contributed by atoms with Gasteiger partial charge in [0.15, 0.2) is 0 Å². The summed E-state index contributed by atoms with van der Waals surface area (Å²) < 4.78 is 0. The molecule has 1 heteroatoms. The molecule has 1 rings (SSSR count). The quantitative estimate of drug-likeness (QED) is 0.377. The van der Waals surface area contributed by atoms with E-state index in [-0.39, 0.29) is 0 Å². The van der Waals surface area contributed by atoms with Crippen molar-refractivity contribution in [3.8, 4) is 0 Å². The van der Waals surface area contributed by atoms with Crippen LogP contribution in [0.5, 0.6) is 0 Å². The van der Waals surface area contributed by atoms with Crippen LogP contribution in [0.15, 0.2) is 11.6 Å². The van der Waals surface area contributed by atoms with Crippen LogP contribution in [0.1, 0.15) is 6.42 Å². The Morgan fingerprint density at radius 2 is 2.60 bits per heavy atom. The van der Waals surface area contributed by atoms with Gasteiger partial charge in [0.25, 0.3) is 0 Å². The second kappa shape index (κ2) is 0.816. The molecule has 0 radical (unpaired) electrons. The Hall–Kier alpha value is -0.325. The molecule has 0 aromatic heterocycles. The van der Waals surface area contributed by atoms with Crippen LogP contribution in [0.25, 0.3) is 0 Å². The van der Waals surface area contributed by atoms with Crippen LogP contribution in [0, 0.1) is 0 Å². The maximum atomic E-state index is 3.55. The summed E-state index contributed by atoms with van der Waals surface area (Å²) in [5.41, 5.74) is 1.39. The third kappa shape index (κ3) is 0.472. The van der Waals surface area contributed by atoms with E-state index in [1.807, 2.05) is 5.97 Å². The zero-order valence-electron chi connectivity index (χ0n) is 3.07. The monoisotopic (exact) mass is 64.0 g/mol. The van der Waals surface area contributed by atoms with E-state index in [9.17, 15) is 0 Å². The van der Waals surface area contributed by atoms with Gasteiger partial charge in [-0.05, 0) is 0 Å². The molecule has 0 nitrogen and oxygen atoms in total. The molecule has 0 atom stereocenters. The van der Waals surface area contributed by atoms with E-state index in [1.165, 1.54) is 12.0 Å². The van der Waals surface area contributed by atoms with E-state index in [0.717, 1.165) is 0 Å². The first-order valence-electron chi connectivity index (χ1n) is 1.75. The van der Waals surface area contributed by atoms with Crippen LogP contribution in [-0.4, -0.2) is 13.5 Å². The van der Waals surface area contributed by atoms with Crippen molar-refractivity contribution in [3.05, 3.63) is 11.6 Å². The average molecular weight is 63.9 g/mol. The van der Waals surface area contributed by atoms with Gasteiger partial charge in [0, 0.05) is 0 Å². The summed E-state index contributed by atoms with van der Waals surface area (Å²) >= 11 is 0. The van der Waals surface area contributed by atoms with Crippen molar-refractivity contribution in [1.82, 2.24) is 0 Å². The molecule has 0 aliphatic heterocycles. The molecule has 0 unspecified atom stereocenters. The Balaban J connectivity index is 2.49. The standard InChI is InChI=1S/C4H5B/c5-3-4-1-2-4/h1,3,5H,2H2. The van der Waals surface area contributed by atoms with Crippen molar-refractivity contribution in [1.29, 1.82) is 0 Å². The van der Waals surface area contributed by atoms with Gasteiger partial charge in [0.05, 0.1) is 0 Å². The third-order valence-corrected chi connectivity index (χ3v) is 0.702. The fourth-order valence-electron chi connectivity index (χ4n) is 0.226. The van der Waals surface area contributed by atoms with Crippen molar-refractivity contribution in [2.75, 3.05) is 0 Å². The number of hydrogen-bond acceptors (Lipinski definition) is 0. The van der Waals surface area contributed by atoms with E-state index in [4.69, 9.17) is 0 Å². The van der Waals surface area contributed by atoms with Gasteiger partial charge in [0.2, 0.25) is 0 Å². The minimum atomic E-state index is 1.18. The second-order valence-electron chi connectivity index (χ2n) is 1.19. The van der Waals surface area contributed by atoms with E-state index < -0.39 is 0 Å². The zero-order valence-corrected chi connectivity index (χ0v) is 3.07. The number of allylic oxidation sites excluding steroid dienone is 2. The summed E-state index contributed by atoms with van der Waals surface area (Å²) in [7, 11) is 3.55. The summed E-state index contributed by atoms with van der Waals surface area (Å²) in [5, 5.41) is 0. The topological polar surface area (TPSA) is 0 Å². The van der Waals surface area contributed by atoms with Gasteiger partial charge in [-0.15, -0.1) is 0 Å². The molecule has 1 aliphatic rings. The molecule has 0 bridgehead atoms. The Bertz CT molecular complexity index is 78.9. The first kappa shape index (κ1) is 2.89. The van der Waals surface area contributed by atoms with Gasteiger partial charge in [-0.1, -0.05) is 0 Å². The minimum absolute atomic E-state index is 1.18. The first-order valence-corrected chi connectivity index (χ1v) is 1.75. The molecule has 0 spiro atoms. The zero-order chi connectivity index (χ0) is 3.70. The fourth-order valence-corrected chi connectivity index (χ4v) is 0.226. The molecule has 5 heavy (non-hydrogen) atoms. The molecule has 0 fully saturated rings. The van der Waals surface area contributed by atoms with Gasteiger partial charge < -0.3 is 0 Å². The molecular weight excluding hydrogens is 58.9 g/mol. The molecule has 0 aromatic rings. The normalized spacial score (nSPS) is 17.0. The molecule has 0 saturated carbocycles. The number of hydrogen-bond donors (Lipinski definition) is 0. The molecule has 1 aliphatic carbocycles. The van der Waals surface area contributed by atoms with E-state index in [0.29, 0.717) is 0 Å². The SMILES string of the molecule is B=CC1=CC1. The maximum absolute atomic E-state index is 3.55. The molecule has 0 saturated heterocycles. The van der Waals surface area contributed by atoms with Crippen molar-refractivity contribution in [2.45, 2.75) is 6.42 Å². The van der Waals surface area contributed by atoms with Gasteiger partial charge in [-0.25, -0.2) is 0 Å². The fraction of sp³-hybridized carbons (Fsp3) is 0.250. The Kier molecular flexibility index (Phi) is 0.472. The summed E-state index contributed by atoms with van der Waals surface area (Å²) in [6.45, 7) is 0. The molecule has 24 valence electrons. The Morgan fingerprint density at radius 3 is 2.60 bits per heavy atom. The second-order valence-corrected chi connectivity index (χ2v) is 1.19. The van der Waals surface area contributed by atoms with Crippen LogP contribution < -0.4 is 0 Å². The summed E-state index contributed by atoms with van der Waals surface area (Å²) in [4.78, 5) is 0. The van der Waals surface area contributed by atoms with Crippen molar-refractivity contribution < 1.29 is 0 Å². The Labute approximate surface area is 32.6 Å². The van der Waals surface area contributed by atoms with E-state index in [2.05, 4.69) is 13.6 Å². The van der Waals surface area contributed by atoms with Crippen molar-refractivity contribution in [3.63, 3.8) is 0 Å². The first-order chi connectivity index (χ1) is 2.43. The molecular formula is C4H5B. The number of rotatable bonds is 1. The van der Waals surface area contributed by atoms with Gasteiger partial charge in [-0.2, -0.15) is 0 Å². The molecule has 0 N–H and O–H groups in total. The summed E-state index contributed by atoms with van der Waals surface area (Å²) in [6, 6.07) is 0. The third-order valence-electron chi connectivity index (χ3n) is 0.702. The predicted molar refractivity (Wildman–Crippen MR) is 25.9 cm³/mol. The van der Waals surface area contributed by atoms with Gasteiger partial charge >= 0.3 is 31.5 Å². The summed E-state index contributed by atoms with van der Waals surface area (Å²) in [6.07, 6.45) is 3.33. The van der Waals surface area contributed by atoms with Crippen LogP contribution in [0.2, 0.25) is 0 Å². The van der Waals surface area contributed by atoms with Crippen molar-refractivity contribution >= 4 is 13.5 Å².